The van der Waals surface area contributed by atoms with Crippen LogP contribution in [0.1, 0.15) is 99.9 Å². The molecule has 1 aliphatic heterocycles. The molecule has 0 aromatic heterocycles. The Hall–Kier alpha value is -4.14. The van der Waals surface area contributed by atoms with Crippen LogP contribution in [0.5, 0.6) is 0 Å². The summed E-state index contributed by atoms with van der Waals surface area (Å²) in [5.74, 6) is 0. The molecule has 2 aliphatic carbocycles. The van der Waals surface area contributed by atoms with Gasteiger partial charge < -0.3 is 9.64 Å². The fourth-order valence-electron chi connectivity index (χ4n) is 8.85. The van der Waals surface area contributed by atoms with Crippen LogP contribution in [0.15, 0.2) is 91.0 Å². The van der Waals surface area contributed by atoms with Gasteiger partial charge in [-0.25, -0.2) is 0 Å². The number of hydrogen-bond donors (Lipinski definition) is 0. The first-order chi connectivity index (χ1) is 21.6. The highest BCUT2D eigenvalue weighted by Gasteiger charge is 2.44. The Morgan fingerprint density at radius 2 is 0.739 bits per heavy atom. The number of aryl methyl sites for hydroxylation is 2. The van der Waals surface area contributed by atoms with Crippen LogP contribution in [0.3, 0.4) is 0 Å². The average molecular weight is 604 g/mol. The van der Waals surface area contributed by atoms with Crippen molar-refractivity contribution >= 4 is 17.1 Å². The Balaban J connectivity index is 1.34. The number of hydrogen-bond acceptors (Lipinski definition) is 2. The zero-order valence-electron chi connectivity index (χ0n) is 29.0. The smallest absolute Gasteiger partial charge is 0.0891 e. The molecule has 0 saturated heterocycles. The van der Waals surface area contributed by atoms with E-state index in [-0.39, 0.29) is 22.0 Å². The van der Waals surface area contributed by atoms with E-state index in [1.54, 1.807) is 0 Å². The maximum atomic E-state index is 6.60. The third-order valence-corrected chi connectivity index (χ3v) is 11.2. The van der Waals surface area contributed by atoms with E-state index >= 15 is 0 Å². The third-order valence-electron chi connectivity index (χ3n) is 11.2. The van der Waals surface area contributed by atoms with Crippen molar-refractivity contribution in [3.05, 3.63) is 136 Å². The third kappa shape index (κ3) is 3.99. The number of nitrogens with zero attached hydrogens (tertiary/aromatic N) is 1. The Kier molecular flexibility index (Phi) is 5.87. The predicted octanol–water partition coefficient (Wildman–Crippen LogP) is 11.9. The summed E-state index contributed by atoms with van der Waals surface area (Å²) in [6.07, 6.45) is 0. The summed E-state index contributed by atoms with van der Waals surface area (Å²) in [7, 11) is 0. The molecule has 1 heterocycles. The van der Waals surface area contributed by atoms with Gasteiger partial charge in [0.25, 0.3) is 0 Å². The fourth-order valence-corrected chi connectivity index (χ4v) is 8.85. The van der Waals surface area contributed by atoms with Gasteiger partial charge in [-0.15, -0.1) is 0 Å². The van der Waals surface area contributed by atoms with Crippen molar-refractivity contribution in [3.63, 3.8) is 0 Å². The highest BCUT2D eigenvalue weighted by Crippen LogP contribution is 2.54. The monoisotopic (exact) mass is 603 g/mol. The zero-order chi connectivity index (χ0) is 32.6. The second-order valence-electron chi connectivity index (χ2n) is 16.0. The summed E-state index contributed by atoms with van der Waals surface area (Å²) >= 11 is 0. The lowest BCUT2D eigenvalue weighted by Crippen LogP contribution is -2.22. The van der Waals surface area contributed by atoms with Crippen LogP contribution in [0, 0.1) is 13.8 Å². The van der Waals surface area contributed by atoms with E-state index < -0.39 is 0 Å². The van der Waals surface area contributed by atoms with Crippen LogP contribution < -0.4 is 4.90 Å². The molecular formula is C44H45NO. The molecule has 2 nitrogen and oxygen atoms in total. The molecule has 0 spiro atoms. The predicted molar refractivity (Wildman–Crippen MR) is 193 cm³/mol. The van der Waals surface area contributed by atoms with E-state index in [1.807, 2.05) is 0 Å². The van der Waals surface area contributed by atoms with Crippen LogP contribution in [-0.2, 0) is 26.8 Å². The SMILES string of the molecule is Cc1ccc2c(c1)C(C)(C)c1cc(N(c3ccc4c(c3)C(C)(C)OC4(C)C)c3ccc4c(c3)C(C)(C)c3cc(C)ccc3-4)ccc1-2. The molecule has 0 atom stereocenters. The van der Waals surface area contributed by atoms with Crippen LogP contribution in [0.4, 0.5) is 17.1 Å². The molecule has 0 saturated carbocycles. The Labute approximate surface area is 275 Å². The molecule has 0 unspecified atom stereocenters. The molecule has 3 aliphatic rings. The van der Waals surface area contributed by atoms with Crippen LogP contribution in [0.2, 0.25) is 0 Å². The molecule has 5 aromatic rings. The molecule has 0 fully saturated rings. The van der Waals surface area contributed by atoms with E-state index in [1.165, 1.54) is 78.1 Å². The zero-order valence-corrected chi connectivity index (χ0v) is 29.0. The number of ether oxygens (including phenoxy) is 1. The number of anilines is 3. The van der Waals surface area contributed by atoms with E-state index in [4.69, 9.17) is 4.74 Å². The van der Waals surface area contributed by atoms with Crippen molar-refractivity contribution in [2.45, 2.75) is 91.3 Å². The first-order valence-corrected chi connectivity index (χ1v) is 16.8. The Bertz CT molecular complexity index is 1990. The maximum absolute atomic E-state index is 6.60. The van der Waals surface area contributed by atoms with Crippen LogP contribution in [0.25, 0.3) is 22.3 Å². The first-order valence-electron chi connectivity index (χ1n) is 16.8. The minimum absolute atomic E-state index is 0.0877. The topological polar surface area (TPSA) is 12.5 Å². The van der Waals surface area contributed by atoms with E-state index in [9.17, 15) is 0 Å². The van der Waals surface area contributed by atoms with E-state index in [2.05, 4.69) is 165 Å². The summed E-state index contributed by atoms with van der Waals surface area (Å²) in [5, 5.41) is 0. The highest BCUT2D eigenvalue weighted by atomic mass is 16.5. The van der Waals surface area contributed by atoms with Gasteiger partial charge in [0.1, 0.15) is 0 Å². The molecule has 232 valence electrons. The molecule has 46 heavy (non-hydrogen) atoms. The summed E-state index contributed by atoms with van der Waals surface area (Å²) in [5.41, 5.74) is 18.8. The molecule has 0 bridgehead atoms. The first kappa shape index (κ1) is 29.3. The van der Waals surface area contributed by atoms with E-state index in [0.717, 1.165) is 5.69 Å². The summed E-state index contributed by atoms with van der Waals surface area (Å²) in [6.45, 7) is 22.7. The van der Waals surface area contributed by atoms with Gasteiger partial charge in [-0.2, -0.15) is 0 Å². The molecule has 0 N–H and O–H groups in total. The fraction of sp³-hybridized carbons (Fsp3) is 0.318. The van der Waals surface area contributed by atoms with Crippen molar-refractivity contribution in [1.29, 1.82) is 0 Å². The summed E-state index contributed by atoms with van der Waals surface area (Å²) in [4.78, 5) is 2.47. The number of benzene rings is 5. The maximum Gasteiger partial charge on any atom is 0.0891 e. The highest BCUT2D eigenvalue weighted by molar-refractivity contribution is 5.88. The Morgan fingerprint density at radius 1 is 0.391 bits per heavy atom. The number of fused-ring (bicyclic) bond motifs is 7. The Morgan fingerprint density at radius 3 is 1.20 bits per heavy atom. The molecule has 5 aromatic carbocycles. The molecule has 2 heteroatoms. The minimum Gasteiger partial charge on any atom is -0.360 e. The normalized spacial score (nSPS) is 18.4. The van der Waals surface area contributed by atoms with Gasteiger partial charge in [-0.3, -0.25) is 0 Å². The average Bonchev–Trinajstić information content (AvgIpc) is 3.44. The van der Waals surface area contributed by atoms with Crippen LogP contribution in [-0.4, -0.2) is 0 Å². The molecule has 0 radical (unpaired) electrons. The van der Waals surface area contributed by atoms with Gasteiger partial charge in [0, 0.05) is 27.9 Å². The van der Waals surface area contributed by atoms with Gasteiger partial charge in [0.2, 0.25) is 0 Å². The van der Waals surface area contributed by atoms with Gasteiger partial charge in [-0.05, 0) is 134 Å². The lowest BCUT2D eigenvalue weighted by molar-refractivity contribution is -0.105. The molecule has 0 amide bonds. The quantitative estimate of drug-likeness (QED) is 0.203. The number of rotatable bonds is 3. The lowest BCUT2D eigenvalue weighted by atomic mass is 9.81. The summed E-state index contributed by atoms with van der Waals surface area (Å²) < 4.78 is 6.60. The van der Waals surface area contributed by atoms with Gasteiger partial charge in [-0.1, -0.05) is 93.4 Å². The van der Waals surface area contributed by atoms with Crippen molar-refractivity contribution < 1.29 is 4.74 Å². The van der Waals surface area contributed by atoms with Crippen molar-refractivity contribution in [2.75, 3.05) is 4.90 Å². The molecule has 8 rings (SSSR count). The standard InChI is InChI=1S/C44H45NO/c1-26-11-16-31-33-18-13-28(23-38(33)41(3,4)36(31)21-26)45(30-15-20-35-40(25-30)44(9,10)46-43(35,7)8)29-14-19-34-32-17-12-27(2)22-37(32)42(5,6)39(34)24-29/h11-25H,1-10H3. The van der Waals surface area contributed by atoms with Crippen molar-refractivity contribution in [1.82, 2.24) is 0 Å². The second kappa shape index (κ2) is 9.23. The molecular weight excluding hydrogens is 558 g/mol. The lowest BCUT2D eigenvalue weighted by Gasteiger charge is -2.30. The second-order valence-corrected chi connectivity index (χ2v) is 16.0. The minimum atomic E-state index is -0.376. The van der Waals surface area contributed by atoms with Gasteiger partial charge in [0.05, 0.1) is 11.2 Å². The van der Waals surface area contributed by atoms with E-state index in [0.29, 0.717) is 0 Å². The van der Waals surface area contributed by atoms with Crippen LogP contribution >= 0.6 is 0 Å². The van der Waals surface area contributed by atoms with Crippen molar-refractivity contribution in [2.24, 2.45) is 0 Å². The van der Waals surface area contributed by atoms with Crippen molar-refractivity contribution in [3.8, 4) is 22.3 Å². The summed E-state index contributed by atoms with van der Waals surface area (Å²) in [6, 6.07) is 35.0. The van der Waals surface area contributed by atoms with Gasteiger partial charge >= 0.3 is 0 Å². The van der Waals surface area contributed by atoms with Gasteiger partial charge in [0.15, 0.2) is 0 Å². The largest absolute Gasteiger partial charge is 0.360 e.